The summed E-state index contributed by atoms with van der Waals surface area (Å²) in [6, 6.07) is 8.69. The van der Waals surface area contributed by atoms with Crippen LogP contribution in [0.25, 0.3) is 5.69 Å². The van der Waals surface area contributed by atoms with Gasteiger partial charge in [0.15, 0.2) is 0 Å². The van der Waals surface area contributed by atoms with Crippen molar-refractivity contribution < 1.29 is 0 Å². The van der Waals surface area contributed by atoms with Gasteiger partial charge in [-0.05, 0) is 41.3 Å². The SMILES string of the molecule is CC1CC(Nc2ccccc2-n2cnnn2)C1. The van der Waals surface area contributed by atoms with E-state index in [0.29, 0.717) is 6.04 Å². The molecule has 0 unspecified atom stereocenters. The Balaban J connectivity index is 1.84. The van der Waals surface area contributed by atoms with E-state index in [1.807, 2.05) is 18.2 Å². The summed E-state index contributed by atoms with van der Waals surface area (Å²) in [6.45, 7) is 2.28. The van der Waals surface area contributed by atoms with Gasteiger partial charge in [0, 0.05) is 6.04 Å². The van der Waals surface area contributed by atoms with Crippen LogP contribution >= 0.6 is 0 Å². The van der Waals surface area contributed by atoms with E-state index in [1.54, 1.807) is 11.0 Å². The van der Waals surface area contributed by atoms with Crippen molar-refractivity contribution in [2.75, 3.05) is 5.32 Å². The molecule has 0 saturated heterocycles. The number of nitrogens with one attached hydrogen (secondary N) is 1. The summed E-state index contributed by atoms with van der Waals surface area (Å²) in [7, 11) is 0. The predicted octanol–water partition coefficient (Wildman–Crippen LogP) is 1.87. The predicted molar refractivity (Wildman–Crippen MR) is 65.0 cm³/mol. The molecule has 3 rings (SSSR count). The lowest BCUT2D eigenvalue weighted by atomic mass is 9.82. The van der Waals surface area contributed by atoms with Crippen LogP contribution in [0.5, 0.6) is 0 Å². The van der Waals surface area contributed by atoms with E-state index in [-0.39, 0.29) is 0 Å². The molecule has 1 aliphatic carbocycles. The normalized spacial score (nSPS) is 23.1. The van der Waals surface area contributed by atoms with E-state index in [0.717, 1.165) is 17.3 Å². The molecule has 1 aromatic carbocycles. The Hall–Kier alpha value is -1.91. The maximum Gasteiger partial charge on any atom is 0.143 e. The summed E-state index contributed by atoms with van der Waals surface area (Å²) in [4.78, 5) is 0. The minimum absolute atomic E-state index is 0.586. The molecule has 1 N–H and O–H groups in total. The van der Waals surface area contributed by atoms with E-state index in [4.69, 9.17) is 0 Å². The fourth-order valence-electron chi connectivity index (χ4n) is 2.31. The molecule has 0 spiro atoms. The minimum atomic E-state index is 0.586. The molecule has 17 heavy (non-hydrogen) atoms. The maximum absolute atomic E-state index is 3.93. The van der Waals surface area contributed by atoms with Gasteiger partial charge >= 0.3 is 0 Å². The first kappa shape index (κ1) is 10.3. The minimum Gasteiger partial charge on any atom is -0.381 e. The van der Waals surface area contributed by atoms with Gasteiger partial charge in [-0.3, -0.25) is 0 Å². The van der Waals surface area contributed by atoms with Gasteiger partial charge in [-0.15, -0.1) is 5.10 Å². The van der Waals surface area contributed by atoms with Gasteiger partial charge in [0.25, 0.3) is 0 Å². The Morgan fingerprint density at radius 1 is 1.29 bits per heavy atom. The molecule has 1 fully saturated rings. The number of rotatable bonds is 3. The number of hydrogen-bond acceptors (Lipinski definition) is 4. The van der Waals surface area contributed by atoms with Crippen LogP contribution in [0.2, 0.25) is 0 Å². The zero-order chi connectivity index (χ0) is 11.7. The second-order valence-corrected chi connectivity index (χ2v) is 4.69. The Labute approximate surface area is 99.8 Å². The Morgan fingerprint density at radius 2 is 2.12 bits per heavy atom. The van der Waals surface area contributed by atoms with Crippen LogP contribution in [0.4, 0.5) is 5.69 Å². The second kappa shape index (κ2) is 4.16. The third-order valence-corrected chi connectivity index (χ3v) is 3.23. The summed E-state index contributed by atoms with van der Waals surface area (Å²) in [6.07, 6.45) is 4.10. The lowest BCUT2D eigenvalue weighted by molar-refractivity contribution is 0.309. The molecule has 1 aromatic heterocycles. The first-order valence-electron chi connectivity index (χ1n) is 5.92. The van der Waals surface area contributed by atoms with Gasteiger partial charge in [0.2, 0.25) is 0 Å². The van der Waals surface area contributed by atoms with Crippen molar-refractivity contribution >= 4 is 5.69 Å². The first-order chi connectivity index (χ1) is 8.33. The van der Waals surface area contributed by atoms with Crippen molar-refractivity contribution in [3.8, 4) is 5.69 Å². The van der Waals surface area contributed by atoms with Gasteiger partial charge in [-0.25, -0.2) is 0 Å². The standard InChI is InChI=1S/C12H15N5/c1-9-6-10(7-9)14-11-4-2-3-5-12(11)17-8-13-15-16-17/h2-5,8-10,14H,6-7H2,1H3. The van der Waals surface area contributed by atoms with E-state index in [2.05, 4.69) is 33.8 Å². The second-order valence-electron chi connectivity index (χ2n) is 4.69. The highest BCUT2D eigenvalue weighted by Crippen LogP contribution is 2.31. The summed E-state index contributed by atoms with van der Waals surface area (Å²) < 4.78 is 1.68. The largest absolute Gasteiger partial charge is 0.381 e. The molecule has 1 heterocycles. The smallest absolute Gasteiger partial charge is 0.143 e. The molecule has 1 saturated carbocycles. The van der Waals surface area contributed by atoms with Crippen LogP contribution < -0.4 is 5.32 Å². The van der Waals surface area contributed by atoms with E-state index in [9.17, 15) is 0 Å². The fraction of sp³-hybridized carbons (Fsp3) is 0.417. The highest BCUT2D eigenvalue weighted by Gasteiger charge is 2.25. The molecular weight excluding hydrogens is 214 g/mol. The van der Waals surface area contributed by atoms with Crippen LogP contribution in [0, 0.1) is 5.92 Å². The van der Waals surface area contributed by atoms with Crippen LogP contribution in [0.15, 0.2) is 30.6 Å². The molecule has 2 aromatic rings. The molecule has 0 aliphatic heterocycles. The van der Waals surface area contributed by atoms with Gasteiger partial charge in [-0.2, -0.15) is 4.68 Å². The zero-order valence-corrected chi connectivity index (χ0v) is 9.74. The summed E-state index contributed by atoms with van der Waals surface area (Å²) in [5.41, 5.74) is 2.09. The summed E-state index contributed by atoms with van der Waals surface area (Å²) in [5.74, 6) is 0.840. The molecule has 1 aliphatic rings. The topological polar surface area (TPSA) is 55.6 Å². The van der Waals surface area contributed by atoms with Crippen LogP contribution in [0.1, 0.15) is 19.8 Å². The first-order valence-corrected chi connectivity index (χ1v) is 5.92. The lowest BCUT2D eigenvalue weighted by Crippen LogP contribution is -2.34. The van der Waals surface area contributed by atoms with Crippen molar-refractivity contribution in [2.45, 2.75) is 25.8 Å². The van der Waals surface area contributed by atoms with Crippen molar-refractivity contribution in [3.63, 3.8) is 0 Å². The van der Waals surface area contributed by atoms with Crippen molar-refractivity contribution in [2.24, 2.45) is 5.92 Å². The summed E-state index contributed by atoms with van der Waals surface area (Å²) in [5, 5.41) is 14.8. The number of para-hydroxylation sites is 2. The molecule has 0 bridgehead atoms. The van der Waals surface area contributed by atoms with E-state index >= 15 is 0 Å². The van der Waals surface area contributed by atoms with Crippen LogP contribution in [-0.4, -0.2) is 26.2 Å². The maximum atomic E-state index is 3.93. The molecule has 88 valence electrons. The number of aromatic nitrogens is 4. The van der Waals surface area contributed by atoms with Crippen LogP contribution in [-0.2, 0) is 0 Å². The third kappa shape index (κ3) is 2.00. The third-order valence-electron chi connectivity index (χ3n) is 3.23. The number of anilines is 1. The van der Waals surface area contributed by atoms with Gasteiger partial charge < -0.3 is 5.32 Å². The highest BCUT2D eigenvalue weighted by molar-refractivity contribution is 5.61. The molecule has 0 atom stereocenters. The number of benzene rings is 1. The molecule has 0 amide bonds. The lowest BCUT2D eigenvalue weighted by Gasteiger charge is -2.34. The number of tetrazole rings is 1. The fourth-order valence-corrected chi connectivity index (χ4v) is 2.31. The number of nitrogens with zero attached hydrogens (tertiary/aromatic N) is 4. The monoisotopic (exact) mass is 229 g/mol. The van der Waals surface area contributed by atoms with Gasteiger partial charge in [0.1, 0.15) is 6.33 Å². The number of hydrogen-bond donors (Lipinski definition) is 1. The van der Waals surface area contributed by atoms with Crippen LogP contribution in [0.3, 0.4) is 0 Å². The molecular formula is C12H15N5. The van der Waals surface area contributed by atoms with E-state index < -0.39 is 0 Å². The highest BCUT2D eigenvalue weighted by atomic mass is 15.5. The Kier molecular flexibility index (Phi) is 2.51. The van der Waals surface area contributed by atoms with Crippen molar-refractivity contribution in [1.29, 1.82) is 0 Å². The zero-order valence-electron chi connectivity index (χ0n) is 9.74. The van der Waals surface area contributed by atoms with E-state index in [1.165, 1.54) is 12.8 Å². The Bertz CT molecular complexity index is 487. The van der Waals surface area contributed by atoms with Crippen molar-refractivity contribution in [3.05, 3.63) is 30.6 Å². The quantitative estimate of drug-likeness (QED) is 0.873. The van der Waals surface area contributed by atoms with Gasteiger partial charge in [-0.1, -0.05) is 19.1 Å². The average Bonchev–Trinajstić information content (AvgIpc) is 2.81. The van der Waals surface area contributed by atoms with Crippen molar-refractivity contribution in [1.82, 2.24) is 20.2 Å². The molecule has 0 radical (unpaired) electrons. The molecule has 5 heteroatoms. The van der Waals surface area contributed by atoms with Gasteiger partial charge in [0.05, 0.1) is 11.4 Å². The Morgan fingerprint density at radius 3 is 2.82 bits per heavy atom. The summed E-state index contributed by atoms with van der Waals surface area (Å²) >= 11 is 0. The average molecular weight is 229 g/mol. The molecule has 5 nitrogen and oxygen atoms in total.